The molecular formula is C38H79NO5Si. The van der Waals surface area contributed by atoms with Gasteiger partial charge in [0.1, 0.15) is 0 Å². The molecule has 0 rings (SSSR count). The maximum absolute atomic E-state index is 11.8. The predicted octanol–water partition coefficient (Wildman–Crippen LogP) is 12.0. The van der Waals surface area contributed by atoms with Gasteiger partial charge in [0.25, 0.3) is 0 Å². The summed E-state index contributed by atoms with van der Waals surface area (Å²) in [7, 11) is 1.79. The van der Waals surface area contributed by atoms with Crippen LogP contribution in [-0.2, 0) is 13.9 Å². The zero-order valence-electron chi connectivity index (χ0n) is 31.8. The maximum atomic E-state index is 11.8. The molecule has 0 spiro atoms. The van der Waals surface area contributed by atoms with Gasteiger partial charge in [-0.1, -0.05) is 143 Å². The van der Waals surface area contributed by atoms with Crippen LogP contribution in [0.2, 0.25) is 18.1 Å². The van der Waals surface area contributed by atoms with Crippen molar-refractivity contribution in [3.05, 3.63) is 0 Å². The second-order valence-electron chi connectivity index (χ2n) is 15.6. The lowest BCUT2D eigenvalue weighted by atomic mass is 9.92. The Kier molecular flexibility index (Phi) is 26.0. The molecule has 0 saturated heterocycles. The van der Waals surface area contributed by atoms with Crippen molar-refractivity contribution in [2.24, 2.45) is 0 Å². The third kappa shape index (κ3) is 23.4. The van der Waals surface area contributed by atoms with Crippen LogP contribution in [-0.4, -0.2) is 70.0 Å². The Morgan fingerprint density at radius 1 is 0.711 bits per heavy atom. The number of hydrogen-bond donors (Lipinski definition) is 1. The quantitative estimate of drug-likeness (QED) is 0.0593. The topological polar surface area (TPSA) is 68.2 Å². The molecule has 45 heavy (non-hydrogen) atoms. The summed E-state index contributed by atoms with van der Waals surface area (Å²) >= 11 is 0. The first-order valence-corrected chi connectivity index (χ1v) is 21.9. The molecule has 0 heterocycles. The van der Waals surface area contributed by atoms with Crippen molar-refractivity contribution < 1.29 is 23.8 Å². The summed E-state index contributed by atoms with van der Waals surface area (Å²) < 4.78 is 18.2. The van der Waals surface area contributed by atoms with E-state index in [0.717, 1.165) is 45.3 Å². The minimum atomic E-state index is -1.63. The van der Waals surface area contributed by atoms with Gasteiger partial charge in [-0.25, -0.2) is 4.79 Å². The molecule has 7 heteroatoms. The average Bonchev–Trinajstić information content (AvgIpc) is 2.98. The van der Waals surface area contributed by atoms with Gasteiger partial charge in [0.15, 0.2) is 8.32 Å². The molecule has 0 fully saturated rings. The van der Waals surface area contributed by atoms with Crippen LogP contribution in [0.1, 0.15) is 176 Å². The SMILES string of the molecule is CCCCCCCCCCCCCCCCCC(CC(C)(COCCCCCCCO[Si](C)(C)C(C)(C)C)OC)N(C)C(=O)O. The third-order valence-electron chi connectivity index (χ3n) is 10.3. The van der Waals surface area contributed by atoms with E-state index in [0.29, 0.717) is 13.0 Å². The molecule has 0 aliphatic carbocycles. The van der Waals surface area contributed by atoms with Gasteiger partial charge in [-0.15, -0.1) is 0 Å². The summed E-state index contributed by atoms with van der Waals surface area (Å²) in [4.78, 5) is 13.3. The van der Waals surface area contributed by atoms with Crippen LogP contribution in [0.5, 0.6) is 0 Å². The lowest BCUT2D eigenvalue weighted by molar-refractivity contribution is -0.0791. The van der Waals surface area contributed by atoms with Crippen molar-refractivity contribution >= 4 is 14.4 Å². The smallest absolute Gasteiger partial charge is 0.407 e. The van der Waals surface area contributed by atoms with Gasteiger partial charge in [-0.3, -0.25) is 0 Å². The highest BCUT2D eigenvalue weighted by Crippen LogP contribution is 2.36. The van der Waals surface area contributed by atoms with E-state index in [1.807, 2.05) is 0 Å². The summed E-state index contributed by atoms with van der Waals surface area (Å²) in [5.41, 5.74) is -0.495. The highest BCUT2D eigenvalue weighted by molar-refractivity contribution is 6.74. The molecule has 2 atom stereocenters. The Morgan fingerprint density at radius 2 is 1.13 bits per heavy atom. The van der Waals surface area contributed by atoms with Gasteiger partial charge in [0.05, 0.1) is 12.2 Å². The van der Waals surface area contributed by atoms with Crippen LogP contribution in [0.15, 0.2) is 0 Å². The van der Waals surface area contributed by atoms with E-state index < -0.39 is 20.0 Å². The minimum absolute atomic E-state index is 0.0634. The van der Waals surface area contributed by atoms with E-state index in [-0.39, 0.29) is 11.1 Å². The number of hydrogen-bond acceptors (Lipinski definition) is 4. The summed E-state index contributed by atoms with van der Waals surface area (Å²) in [6, 6.07) is -0.0634. The average molecular weight is 658 g/mol. The molecule has 1 amide bonds. The fourth-order valence-electron chi connectivity index (χ4n) is 5.71. The number of carboxylic acid groups (broad SMARTS) is 1. The summed E-state index contributed by atoms with van der Waals surface area (Å²) in [6.45, 7) is 17.9. The minimum Gasteiger partial charge on any atom is -0.465 e. The molecule has 2 unspecified atom stereocenters. The van der Waals surface area contributed by atoms with E-state index in [2.05, 4.69) is 47.7 Å². The molecule has 0 aromatic carbocycles. The standard InChI is InChI=1S/C38H79NO5Si/c1-10-11-12-13-14-15-16-17-18-19-20-21-22-24-27-30-35(39(6)36(40)41)33-38(5,42-7)34-43-31-28-25-23-26-29-32-44-45(8,9)37(2,3)4/h35H,10-34H2,1-9H3,(H,40,41). The van der Waals surface area contributed by atoms with Crippen LogP contribution in [0, 0.1) is 0 Å². The summed E-state index contributed by atoms with van der Waals surface area (Å²) in [6.07, 6.45) is 26.4. The van der Waals surface area contributed by atoms with Gasteiger partial charge >= 0.3 is 6.09 Å². The van der Waals surface area contributed by atoms with Crippen LogP contribution in [0.3, 0.4) is 0 Å². The second kappa shape index (κ2) is 26.3. The normalized spacial score (nSPS) is 14.4. The Hall–Kier alpha value is -0.633. The molecule has 0 radical (unpaired) electrons. The van der Waals surface area contributed by atoms with E-state index in [1.54, 1.807) is 14.2 Å². The fourth-order valence-corrected chi connectivity index (χ4v) is 6.80. The molecule has 0 aromatic heterocycles. The number of ether oxygens (including phenoxy) is 2. The molecule has 270 valence electrons. The van der Waals surface area contributed by atoms with Gasteiger partial charge in [-0.05, 0) is 50.7 Å². The fraction of sp³-hybridized carbons (Fsp3) is 0.974. The monoisotopic (exact) mass is 658 g/mol. The molecule has 0 aliphatic heterocycles. The zero-order chi connectivity index (χ0) is 34.0. The van der Waals surface area contributed by atoms with Gasteiger partial charge in [-0.2, -0.15) is 0 Å². The van der Waals surface area contributed by atoms with E-state index in [1.165, 1.54) is 108 Å². The first kappa shape index (κ1) is 44.4. The number of unbranched alkanes of at least 4 members (excludes halogenated alkanes) is 18. The lowest BCUT2D eigenvalue weighted by Gasteiger charge is -2.36. The number of nitrogens with zero attached hydrogens (tertiary/aromatic N) is 1. The highest BCUT2D eigenvalue weighted by atomic mass is 28.4. The van der Waals surface area contributed by atoms with Gasteiger partial charge in [0, 0.05) is 33.4 Å². The molecule has 0 bridgehead atoms. The van der Waals surface area contributed by atoms with Gasteiger partial charge in [0.2, 0.25) is 0 Å². The second-order valence-corrected chi connectivity index (χ2v) is 20.4. The Bertz CT molecular complexity index is 698. The highest BCUT2D eigenvalue weighted by Gasteiger charge is 2.36. The number of amides is 1. The first-order chi connectivity index (χ1) is 21.3. The molecule has 0 aliphatic rings. The van der Waals surface area contributed by atoms with Crippen LogP contribution in [0.25, 0.3) is 0 Å². The maximum Gasteiger partial charge on any atom is 0.407 e. The number of methoxy groups -OCH3 is 1. The molecule has 0 aromatic rings. The van der Waals surface area contributed by atoms with Crippen molar-refractivity contribution in [1.29, 1.82) is 0 Å². The van der Waals surface area contributed by atoms with Crippen molar-refractivity contribution in [3.8, 4) is 0 Å². The Labute approximate surface area is 282 Å². The number of carbonyl (C=O) groups is 1. The van der Waals surface area contributed by atoms with E-state index in [4.69, 9.17) is 13.9 Å². The lowest BCUT2D eigenvalue weighted by Crippen LogP contribution is -2.45. The third-order valence-corrected chi connectivity index (χ3v) is 14.8. The Morgan fingerprint density at radius 3 is 1.56 bits per heavy atom. The first-order valence-electron chi connectivity index (χ1n) is 19.0. The Balaban J connectivity index is 4.14. The largest absolute Gasteiger partial charge is 0.465 e. The van der Waals surface area contributed by atoms with Gasteiger partial charge < -0.3 is 23.9 Å². The van der Waals surface area contributed by atoms with Crippen LogP contribution in [0.4, 0.5) is 4.79 Å². The summed E-state index contributed by atoms with van der Waals surface area (Å²) in [5.74, 6) is 0. The van der Waals surface area contributed by atoms with Crippen molar-refractivity contribution in [2.75, 3.05) is 34.0 Å². The predicted molar refractivity (Wildman–Crippen MR) is 196 cm³/mol. The van der Waals surface area contributed by atoms with E-state index >= 15 is 0 Å². The number of rotatable bonds is 31. The molecule has 1 N–H and O–H groups in total. The molecular weight excluding hydrogens is 579 g/mol. The summed E-state index contributed by atoms with van der Waals surface area (Å²) in [5, 5.41) is 9.99. The van der Waals surface area contributed by atoms with Crippen molar-refractivity contribution in [3.63, 3.8) is 0 Å². The zero-order valence-corrected chi connectivity index (χ0v) is 32.8. The van der Waals surface area contributed by atoms with Crippen molar-refractivity contribution in [2.45, 2.75) is 206 Å². The van der Waals surface area contributed by atoms with Crippen molar-refractivity contribution in [1.82, 2.24) is 4.90 Å². The van der Waals surface area contributed by atoms with Crippen LogP contribution < -0.4 is 0 Å². The molecule has 6 nitrogen and oxygen atoms in total. The van der Waals surface area contributed by atoms with E-state index in [9.17, 15) is 9.90 Å². The van der Waals surface area contributed by atoms with Crippen LogP contribution >= 0.6 is 0 Å². The molecule has 0 saturated carbocycles.